The molecule has 3 aromatic rings. The number of carbonyl (C=O) groups is 1. The molecule has 5 heterocycles. The second-order valence-electron chi connectivity index (χ2n) is 10.8. The van der Waals surface area contributed by atoms with Gasteiger partial charge in [0.05, 0.1) is 12.1 Å². The third-order valence-corrected chi connectivity index (χ3v) is 9.89. The molecule has 0 bridgehead atoms. The Labute approximate surface area is 233 Å². The first-order chi connectivity index (χ1) is 18.4. The largest absolute Gasteiger partial charge is 0.343 e. The predicted molar refractivity (Wildman–Crippen MR) is 153 cm³/mol. The average molecular weight is 551 g/mol. The Balaban J connectivity index is 1.31. The van der Waals surface area contributed by atoms with Gasteiger partial charge >= 0.3 is 0 Å². The number of thiophene rings is 1. The van der Waals surface area contributed by atoms with E-state index < -0.39 is 6.04 Å². The van der Waals surface area contributed by atoms with Gasteiger partial charge in [-0.2, -0.15) is 0 Å². The van der Waals surface area contributed by atoms with E-state index in [0.717, 1.165) is 59.4 Å². The van der Waals surface area contributed by atoms with Crippen LogP contribution in [0.3, 0.4) is 0 Å². The molecule has 2 saturated heterocycles. The highest BCUT2D eigenvalue weighted by molar-refractivity contribution is 7.15. The molecule has 1 amide bonds. The molecule has 9 heteroatoms. The van der Waals surface area contributed by atoms with Crippen LogP contribution in [0.5, 0.6) is 0 Å². The Bertz CT molecular complexity index is 1360. The van der Waals surface area contributed by atoms with Crippen LogP contribution in [0.1, 0.15) is 77.8 Å². The highest BCUT2D eigenvalue weighted by Gasteiger charge is 2.34. The summed E-state index contributed by atoms with van der Waals surface area (Å²) >= 11 is 7.96. The summed E-state index contributed by atoms with van der Waals surface area (Å²) in [6.45, 7) is 10.3. The number of benzene rings is 1. The number of halogens is 1. The second kappa shape index (κ2) is 10.5. The molecule has 3 aliphatic heterocycles. The number of aromatic nitrogens is 3. The lowest BCUT2D eigenvalue weighted by Gasteiger charge is -2.40. The molecule has 6 rings (SSSR count). The summed E-state index contributed by atoms with van der Waals surface area (Å²) in [5.41, 5.74) is 4.18. The zero-order valence-corrected chi connectivity index (χ0v) is 24.0. The van der Waals surface area contributed by atoms with E-state index in [-0.39, 0.29) is 12.3 Å². The van der Waals surface area contributed by atoms with Crippen LogP contribution in [-0.2, 0) is 4.79 Å². The van der Waals surface area contributed by atoms with Crippen molar-refractivity contribution in [2.45, 2.75) is 71.4 Å². The number of hydrogen-bond donors (Lipinski definition) is 0. The number of likely N-dealkylation sites (tertiary alicyclic amines) is 2. The van der Waals surface area contributed by atoms with Crippen molar-refractivity contribution in [3.05, 3.63) is 62.5 Å². The first-order valence-corrected chi connectivity index (χ1v) is 15.0. The van der Waals surface area contributed by atoms with Crippen LogP contribution in [0.4, 0.5) is 0 Å². The topological polar surface area (TPSA) is 66.6 Å². The zero-order valence-electron chi connectivity index (χ0n) is 22.4. The normalized spacial score (nSPS) is 20.6. The number of piperidine rings is 2. The lowest BCUT2D eigenvalue weighted by atomic mass is 9.99. The van der Waals surface area contributed by atoms with Crippen LogP contribution in [0, 0.1) is 20.8 Å². The maximum Gasteiger partial charge on any atom is 0.225 e. The van der Waals surface area contributed by atoms with Crippen molar-refractivity contribution >= 4 is 34.6 Å². The van der Waals surface area contributed by atoms with E-state index in [9.17, 15) is 4.79 Å². The van der Waals surface area contributed by atoms with Gasteiger partial charge in [0.25, 0.3) is 0 Å². The van der Waals surface area contributed by atoms with Gasteiger partial charge in [-0.25, -0.2) is 0 Å². The summed E-state index contributed by atoms with van der Waals surface area (Å²) in [7, 11) is 0. The maximum absolute atomic E-state index is 13.7. The van der Waals surface area contributed by atoms with Crippen molar-refractivity contribution in [1.29, 1.82) is 0 Å². The van der Waals surface area contributed by atoms with Crippen molar-refractivity contribution < 1.29 is 4.79 Å². The Kier molecular flexibility index (Phi) is 7.14. The van der Waals surface area contributed by atoms with Gasteiger partial charge in [0, 0.05) is 40.2 Å². The van der Waals surface area contributed by atoms with E-state index in [1.807, 2.05) is 36.1 Å². The molecular formula is C29H35ClN6OS. The molecule has 0 aliphatic carbocycles. The van der Waals surface area contributed by atoms with Gasteiger partial charge in [0.1, 0.15) is 16.9 Å². The third-order valence-electron chi connectivity index (χ3n) is 8.45. The molecule has 0 spiro atoms. The Hall–Kier alpha value is -2.55. The van der Waals surface area contributed by atoms with E-state index in [2.05, 4.69) is 33.5 Å². The number of amides is 1. The molecule has 7 nitrogen and oxygen atoms in total. The Morgan fingerprint density at radius 1 is 1.00 bits per heavy atom. The summed E-state index contributed by atoms with van der Waals surface area (Å²) in [5, 5.41) is 10.7. The average Bonchev–Trinajstić information content (AvgIpc) is 3.41. The van der Waals surface area contributed by atoms with Crippen LogP contribution in [0.2, 0.25) is 5.02 Å². The fraction of sp³-hybridized carbons (Fsp3) is 0.517. The molecule has 0 radical (unpaired) electrons. The van der Waals surface area contributed by atoms with Gasteiger partial charge in [0.2, 0.25) is 5.91 Å². The summed E-state index contributed by atoms with van der Waals surface area (Å²) in [6.07, 6.45) is 6.36. The molecule has 2 aromatic heterocycles. The van der Waals surface area contributed by atoms with E-state index in [0.29, 0.717) is 11.1 Å². The highest BCUT2D eigenvalue weighted by atomic mass is 35.5. The fourth-order valence-corrected chi connectivity index (χ4v) is 7.53. The van der Waals surface area contributed by atoms with E-state index in [1.54, 1.807) is 11.3 Å². The molecule has 0 unspecified atom stereocenters. The first-order valence-electron chi connectivity index (χ1n) is 13.8. The van der Waals surface area contributed by atoms with Gasteiger partial charge in [-0.15, -0.1) is 21.5 Å². The van der Waals surface area contributed by atoms with Gasteiger partial charge < -0.3 is 9.80 Å². The molecule has 200 valence electrons. The van der Waals surface area contributed by atoms with Crippen LogP contribution < -0.4 is 0 Å². The van der Waals surface area contributed by atoms with Crippen LogP contribution >= 0.6 is 22.9 Å². The van der Waals surface area contributed by atoms with Crippen molar-refractivity contribution in [1.82, 2.24) is 24.6 Å². The number of rotatable bonds is 4. The lowest BCUT2D eigenvalue weighted by Crippen LogP contribution is -2.48. The minimum atomic E-state index is -0.409. The molecule has 0 N–H and O–H groups in total. The number of nitrogens with zero attached hydrogens (tertiary/aromatic N) is 6. The molecule has 1 aromatic carbocycles. The standard InChI is InChI=1S/C29H35ClN6OS/c1-18-19(2)38-29-26(18)27(21-7-9-22(30)10-8-21)31-24(28-33-32-20(3)36(28)29)17-25(37)35-15-11-23(12-16-35)34-13-5-4-6-14-34/h7-10,23-24H,4-6,11-17H2,1-3H3/t24-/m0/s1. The molecule has 2 fully saturated rings. The van der Waals surface area contributed by atoms with Gasteiger partial charge in [-0.3, -0.25) is 14.4 Å². The SMILES string of the molecule is Cc1sc2c(c1C)C(c1ccc(Cl)cc1)=N[C@@H](CC(=O)N1CCC(N3CCCCC3)CC1)c1nnc(C)n1-2. The number of aliphatic imine (C=N–C) groups is 1. The summed E-state index contributed by atoms with van der Waals surface area (Å²) in [4.78, 5) is 24.9. The monoisotopic (exact) mass is 550 g/mol. The summed E-state index contributed by atoms with van der Waals surface area (Å²) in [6, 6.07) is 8.03. The first kappa shape index (κ1) is 25.7. The Morgan fingerprint density at radius 2 is 1.71 bits per heavy atom. The summed E-state index contributed by atoms with van der Waals surface area (Å²) in [5.74, 6) is 1.71. The van der Waals surface area contributed by atoms with Crippen LogP contribution in [-0.4, -0.2) is 68.4 Å². The summed E-state index contributed by atoms with van der Waals surface area (Å²) < 4.78 is 2.12. The molecular weight excluding hydrogens is 516 g/mol. The number of carbonyl (C=O) groups excluding carboxylic acids is 1. The van der Waals surface area contributed by atoms with Gasteiger partial charge in [0.15, 0.2) is 5.82 Å². The molecule has 1 atom stereocenters. The number of hydrogen-bond acceptors (Lipinski definition) is 6. The second-order valence-corrected chi connectivity index (χ2v) is 12.5. The number of aryl methyl sites for hydroxylation is 2. The van der Waals surface area contributed by atoms with Gasteiger partial charge in [-0.05, 0) is 77.2 Å². The lowest BCUT2D eigenvalue weighted by molar-refractivity contribution is -0.133. The predicted octanol–water partition coefficient (Wildman–Crippen LogP) is 5.67. The quantitative estimate of drug-likeness (QED) is 0.420. The van der Waals surface area contributed by atoms with Crippen molar-refractivity contribution in [2.24, 2.45) is 4.99 Å². The Morgan fingerprint density at radius 3 is 2.42 bits per heavy atom. The highest BCUT2D eigenvalue weighted by Crippen LogP contribution is 2.40. The maximum atomic E-state index is 13.7. The van der Waals surface area contributed by atoms with Gasteiger partial charge in [-0.1, -0.05) is 30.2 Å². The molecule has 3 aliphatic rings. The minimum Gasteiger partial charge on any atom is -0.343 e. The third kappa shape index (κ3) is 4.71. The van der Waals surface area contributed by atoms with Crippen molar-refractivity contribution in [3.63, 3.8) is 0 Å². The molecule has 38 heavy (non-hydrogen) atoms. The van der Waals surface area contributed by atoms with Crippen molar-refractivity contribution in [2.75, 3.05) is 26.2 Å². The minimum absolute atomic E-state index is 0.150. The van der Waals surface area contributed by atoms with E-state index in [1.165, 1.54) is 42.8 Å². The van der Waals surface area contributed by atoms with Crippen molar-refractivity contribution in [3.8, 4) is 5.00 Å². The number of fused-ring (bicyclic) bond motifs is 3. The van der Waals surface area contributed by atoms with E-state index in [4.69, 9.17) is 16.6 Å². The van der Waals surface area contributed by atoms with Crippen LogP contribution in [0.15, 0.2) is 29.3 Å². The fourth-order valence-electron chi connectivity index (χ4n) is 6.19. The zero-order chi connectivity index (χ0) is 26.4. The van der Waals surface area contributed by atoms with Crippen LogP contribution in [0.25, 0.3) is 5.00 Å². The smallest absolute Gasteiger partial charge is 0.225 e. The molecule has 0 saturated carbocycles. The van der Waals surface area contributed by atoms with E-state index >= 15 is 0 Å².